The van der Waals surface area contributed by atoms with Crippen LogP contribution in [0.5, 0.6) is 0 Å². The van der Waals surface area contributed by atoms with Gasteiger partial charge in [-0.1, -0.05) is 166 Å². The fraction of sp³-hybridized carbons (Fsp3) is 0.956. The summed E-state index contributed by atoms with van der Waals surface area (Å²) in [5, 5.41) is 9.61. The molecule has 0 bridgehead atoms. The lowest BCUT2D eigenvalue weighted by molar-refractivity contribution is -0.150. The van der Waals surface area contributed by atoms with E-state index in [-0.39, 0.29) is 24.6 Å². The highest BCUT2D eigenvalue weighted by molar-refractivity contribution is 7.76. The minimum atomic E-state index is -2.36. The molecule has 0 saturated heterocycles. The second-order valence-electron chi connectivity index (χ2n) is 16.1. The van der Waals surface area contributed by atoms with Crippen molar-refractivity contribution in [1.29, 1.82) is 0 Å². The van der Waals surface area contributed by atoms with Gasteiger partial charge in [-0.25, -0.2) is 4.21 Å². The number of rotatable bonds is 44. The van der Waals surface area contributed by atoms with Gasteiger partial charge in [0.15, 0.2) is 0 Å². The lowest BCUT2D eigenvalue weighted by atomic mass is 10.0. The van der Waals surface area contributed by atoms with Crippen molar-refractivity contribution in [2.45, 2.75) is 245 Å². The second kappa shape index (κ2) is 42.5. The summed E-state index contributed by atoms with van der Waals surface area (Å²) < 4.78 is 32.1. The van der Waals surface area contributed by atoms with Crippen molar-refractivity contribution >= 4 is 23.2 Å². The number of hydroxylamine groups is 1. The van der Waals surface area contributed by atoms with Crippen molar-refractivity contribution < 1.29 is 33.0 Å². The quantitative estimate of drug-likeness (QED) is 0.0271. The van der Waals surface area contributed by atoms with Gasteiger partial charge >= 0.3 is 11.9 Å². The third-order valence-electron chi connectivity index (χ3n) is 10.8. The first-order valence-corrected chi connectivity index (χ1v) is 24.5. The van der Waals surface area contributed by atoms with E-state index >= 15 is 0 Å². The Hall–Kier alpha value is -1.07. The topological polar surface area (TPSA) is 117 Å². The molecule has 0 fully saturated rings. The zero-order valence-corrected chi connectivity index (χ0v) is 37.2. The van der Waals surface area contributed by atoms with E-state index in [1.165, 1.54) is 96.3 Å². The molecule has 0 rings (SSSR count). The van der Waals surface area contributed by atoms with Crippen LogP contribution in [-0.4, -0.2) is 74.2 Å². The third-order valence-corrected chi connectivity index (χ3v) is 11.3. The van der Waals surface area contributed by atoms with E-state index in [9.17, 15) is 19.0 Å². The normalized spacial score (nSPS) is 12.3. The van der Waals surface area contributed by atoms with Gasteiger partial charge in [-0.15, -0.1) is 0 Å². The third kappa shape index (κ3) is 39.5. The standard InChI is InChI=1S/C45H90N2O7S/c1-4-7-10-13-16-25-32-42-53-44(48)36-28-21-17-23-30-38-46(40-33-41-47(50)55(51)52)39-31-24-18-22-29-37-45(49)54-43(34-26-19-14-11-8-5-2)35-27-20-15-12-9-6-3/h43,50H,4-42H2,1-3H3,(H,51,52). The average molecular weight is 803 g/mol. The Labute approximate surface area is 342 Å². The maximum atomic E-state index is 12.8. The van der Waals surface area contributed by atoms with Crippen molar-refractivity contribution in [2.24, 2.45) is 0 Å². The first kappa shape index (κ1) is 53.9. The highest BCUT2D eigenvalue weighted by Gasteiger charge is 2.15. The second-order valence-corrected chi connectivity index (χ2v) is 17.0. The van der Waals surface area contributed by atoms with Gasteiger partial charge in [0.05, 0.1) is 6.61 Å². The molecule has 10 heteroatoms. The molecule has 0 aliphatic carbocycles. The Morgan fingerprint density at radius 3 is 1.35 bits per heavy atom. The Balaban J connectivity index is 4.31. The van der Waals surface area contributed by atoms with E-state index in [0.717, 1.165) is 122 Å². The maximum absolute atomic E-state index is 12.8. The van der Waals surface area contributed by atoms with Crippen molar-refractivity contribution in [3.63, 3.8) is 0 Å². The van der Waals surface area contributed by atoms with Crippen LogP contribution in [-0.2, 0) is 30.3 Å². The minimum absolute atomic E-state index is 0.0198. The lowest BCUT2D eigenvalue weighted by Gasteiger charge is -2.23. The molecule has 55 heavy (non-hydrogen) atoms. The number of carbonyl (C=O) groups is 2. The van der Waals surface area contributed by atoms with Crippen LogP contribution in [0.15, 0.2) is 0 Å². The van der Waals surface area contributed by atoms with E-state index in [2.05, 4.69) is 25.7 Å². The molecule has 0 aromatic carbocycles. The van der Waals surface area contributed by atoms with Crippen molar-refractivity contribution in [3.8, 4) is 0 Å². The smallest absolute Gasteiger partial charge is 0.306 e. The molecular weight excluding hydrogens is 713 g/mol. The van der Waals surface area contributed by atoms with Crippen molar-refractivity contribution in [1.82, 2.24) is 9.37 Å². The SMILES string of the molecule is CCCCCCCCCOC(=O)CCCCCCCN(CCCCCCCC(=O)OC(CCCCCCCC)CCCCCCCC)CCCN(O)S(=O)O. The Morgan fingerprint density at radius 2 is 0.873 bits per heavy atom. The average Bonchev–Trinajstić information content (AvgIpc) is 3.17. The van der Waals surface area contributed by atoms with E-state index in [1.54, 1.807) is 0 Å². The Morgan fingerprint density at radius 1 is 0.491 bits per heavy atom. The van der Waals surface area contributed by atoms with E-state index in [0.29, 0.717) is 30.3 Å². The molecule has 1 atom stereocenters. The van der Waals surface area contributed by atoms with Crippen LogP contribution < -0.4 is 0 Å². The number of nitrogens with zero attached hydrogens (tertiary/aromatic N) is 2. The minimum Gasteiger partial charge on any atom is -0.466 e. The molecule has 0 heterocycles. The van der Waals surface area contributed by atoms with Gasteiger partial charge in [-0.3, -0.25) is 19.3 Å². The van der Waals surface area contributed by atoms with E-state index in [4.69, 9.17) is 14.0 Å². The van der Waals surface area contributed by atoms with Crippen LogP contribution in [0.25, 0.3) is 0 Å². The van der Waals surface area contributed by atoms with Gasteiger partial charge in [-0.2, -0.15) is 0 Å². The molecule has 1 unspecified atom stereocenters. The number of esters is 2. The molecule has 0 saturated carbocycles. The molecule has 0 spiro atoms. The maximum Gasteiger partial charge on any atom is 0.306 e. The molecule has 0 aliphatic heterocycles. The summed E-state index contributed by atoms with van der Waals surface area (Å²) in [6, 6.07) is 0. The molecular formula is C45H90N2O7S. The van der Waals surface area contributed by atoms with Crippen molar-refractivity contribution in [3.05, 3.63) is 0 Å². The fourth-order valence-electron chi connectivity index (χ4n) is 7.24. The Bertz CT molecular complexity index is 849. The van der Waals surface area contributed by atoms with Crippen molar-refractivity contribution in [2.75, 3.05) is 32.8 Å². The van der Waals surface area contributed by atoms with Crippen LogP contribution in [0.4, 0.5) is 0 Å². The Kier molecular flexibility index (Phi) is 41.7. The molecule has 9 nitrogen and oxygen atoms in total. The first-order chi connectivity index (χ1) is 26.8. The molecule has 0 radical (unpaired) electrons. The number of carbonyl (C=O) groups excluding carboxylic acids is 2. The summed E-state index contributed by atoms with van der Waals surface area (Å²) in [5.41, 5.74) is 0. The van der Waals surface area contributed by atoms with Gasteiger partial charge in [0.2, 0.25) is 0 Å². The summed E-state index contributed by atoms with van der Waals surface area (Å²) in [7, 11) is 0. The first-order valence-electron chi connectivity index (χ1n) is 23.5. The predicted molar refractivity (Wildman–Crippen MR) is 231 cm³/mol. The molecule has 328 valence electrons. The highest BCUT2D eigenvalue weighted by Crippen LogP contribution is 2.19. The van der Waals surface area contributed by atoms with Crippen LogP contribution in [0.3, 0.4) is 0 Å². The van der Waals surface area contributed by atoms with Crippen LogP contribution in [0.1, 0.15) is 239 Å². The lowest BCUT2D eigenvalue weighted by Crippen LogP contribution is -2.31. The van der Waals surface area contributed by atoms with Gasteiger partial charge in [0, 0.05) is 19.4 Å². The molecule has 0 aliphatic rings. The summed E-state index contributed by atoms with van der Waals surface area (Å²) >= 11 is -2.36. The summed E-state index contributed by atoms with van der Waals surface area (Å²) in [5.74, 6) is -0.0846. The number of hydrogen-bond donors (Lipinski definition) is 2. The van der Waals surface area contributed by atoms with Crippen LogP contribution >= 0.6 is 0 Å². The molecule has 0 aromatic rings. The summed E-state index contributed by atoms with van der Waals surface area (Å²) in [6.45, 7) is 10.1. The zero-order chi connectivity index (χ0) is 40.5. The number of hydrogen-bond acceptors (Lipinski definition) is 7. The fourth-order valence-corrected chi connectivity index (χ4v) is 7.53. The predicted octanol–water partition coefficient (Wildman–Crippen LogP) is 12.9. The van der Waals surface area contributed by atoms with E-state index < -0.39 is 11.3 Å². The monoisotopic (exact) mass is 803 g/mol. The number of unbranched alkanes of at least 4 members (excludes halogenated alkanes) is 24. The molecule has 2 N–H and O–H groups in total. The zero-order valence-electron chi connectivity index (χ0n) is 36.4. The number of ether oxygens (including phenoxy) is 2. The van der Waals surface area contributed by atoms with Gasteiger partial charge < -0.3 is 14.4 Å². The summed E-state index contributed by atoms with van der Waals surface area (Å²) in [4.78, 5) is 27.2. The molecule has 0 aromatic heterocycles. The van der Waals surface area contributed by atoms with E-state index in [1.807, 2.05) is 0 Å². The van der Waals surface area contributed by atoms with Crippen LogP contribution in [0, 0.1) is 0 Å². The van der Waals surface area contributed by atoms with Gasteiger partial charge in [-0.05, 0) is 83.8 Å². The van der Waals surface area contributed by atoms with Crippen LogP contribution in [0.2, 0.25) is 0 Å². The van der Waals surface area contributed by atoms with Gasteiger partial charge in [0.25, 0.3) is 11.3 Å². The van der Waals surface area contributed by atoms with Gasteiger partial charge in [0.1, 0.15) is 6.10 Å². The highest BCUT2D eigenvalue weighted by atomic mass is 32.2. The largest absolute Gasteiger partial charge is 0.466 e. The summed E-state index contributed by atoms with van der Waals surface area (Å²) in [6.07, 6.45) is 37.8. The molecule has 0 amide bonds.